The van der Waals surface area contributed by atoms with Crippen molar-refractivity contribution in [3.63, 3.8) is 0 Å². The van der Waals surface area contributed by atoms with E-state index >= 15 is 0 Å². The number of rotatable bonds is 3. The zero-order valence-corrected chi connectivity index (χ0v) is 12.1. The fraction of sp³-hybridized carbons (Fsp3) is 0.333. The lowest BCUT2D eigenvalue weighted by molar-refractivity contribution is 0.393. The number of fused-ring (bicyclic) bond motifs is 1. The summed E-state index contributed by atoms with van der Waals surface area (Å²) in [4.78, 5) is 0. The monoisotopic (exact) mass is 267 g/mol. The lowest BCUT2D eigenvalue weighted by Gasteiger charge is -2.25. The van der Waals surface area contributed by atoms with E-state index < -0.39 is 0 Å². The lowest BCUT2D eigenvalue weighted by Crippen LogP contribution is -2.43. The molecule has 0 aliphatic heterocycles. The molecule has 0 radical (unpaired) electrons. The number of hydrogen-bond acceptors (Lipinski definition) is 2. The maximum absolute atomic E-state index is 6.66. The minimum atomic E-state index is -0.190. The molecule has 2 aromatic carbocycles. The number of aryl methyl sites for hydroxylation is 1. The van der Waals surface area contributed by atoms with Crippen molar-refractivity contribution >= 4 is 0 Å². The van der Waals surface area contributed by atoms with Crippen molar-refractivity contribution < 1.29 is 4.74 Å². The van der Waals surface area contributed by atoms with Crippen LogP contribution in [0, 0.1) is 6.92 Å². The molecule has 0 amide bonds. The summed E-state index contributed by atoms with van der Waals surface area (Å²) in [5, 5.41) is 0. The second-order valence-corrected chi connectivity index (χ2v) is 5.98. The number of benzene rings is 2. The predicted molar refractivity (Wildman–Crippen MR) is 82.2 cm³/mol. The highest BCUT2D eigenvalue weighted by molar-refractivity contribution is 5.42. The molecular weight excluding hydrogens is 246 g/mol. The molecule has 0 spiro atoms. The van der Waals surface area contributed by atoms with Gasteiger partial charge in [-0.1, -0.05) is 42.0 Å². The van der Waals surface area contributed by atoms with Crippen LogP contribution in [-0.2, 0) is 19.3 Å². The molecule has 2 heteroatoms. The summed E-state index contributed by atoms with van der Waals surface area (Å²) in [7, 11) is 1.72. The van der Waals surface area contributed by atoms with Gasteiger partial charge in [-0.3, -0.25) is 0 Å². The summed E-state index contributed by atoms with van der Waals surface area (Å²) in [6, 6.07) is 14.9. The van der Waals surface area contributed by atoms with Gasteiger partial charge in [-0.25, -0.2) is 0 Å². The van der Waals surface area contributed by atoms with Crippen LogP contribution in [0.4, 0.5) is 0 Å². The Bertz CT molecular complexity index is 608. The van der Waals surface area contributed by atoms with E-state index in [4.69, 9.17) is 10.5 Å². The van der Waals surface area contributed by atoms with Gasteiger partial charge in [0.05, 0.1) is 7.11 Å². The predicted octanol–water partition coefficient (Wildman–Crippen LogP) is 3.04. The minimum Gasteiger partial charge on any atom is -0.496 e. The van der Waals surface area contributed by atoms with Crippen LogP contribution in [0.5, 0.6) is 5.75 Å². The van der Waals surface area contributed by atoms with E-state index in [0.29, 0.717) is 0 Å². The first-order chi connectivity index (χ1) is 9.59. The molecule has 0 atom stereocenters. The van der Waals surface area contributed by atoms with Crippen LogP contribution in [0.2, 0.25) is 0 Å². The van der Waals surface area contributed by atoms with Crippen LogP contribution in [0.1, 0.15) is 22.3 Å². The molecule has 0 aromatic heterocycles. The third-order valence-corrected chi connectivity index (χ3v) is 4.18. The average Bonchev–Trinajstić information content (AvgIpc) is 2.74. The Balaban J connectivity index is 1.87. The van der Waals surface area contributed by atoms with Crippen molar-refractivity contribution in [3.05, 3.63) is 64.7 Å². The summed E-state index contributed by atoms with van der Waals surface area (Å²) in [5.74, 6) is 0.941. The second kappa shape index (κ2) is 4.95. The lowest BCUT2D eigenvalue weighted by atomic mass is 9.88. The van der Waals surface area contributed by atoms with Gasteiger partial charge >= 0.3 is 0 Å². The van der Waals surface area contributed by atoms with Crippen LogP contribution in [0.3, 0.4) is 0 Å². The molecule has 0 bridgehead atoms. The molecule has 1 aliphatic carbocycles. The molecule has 104 valence electrons. The van der Waals surface area contributed by atoms with Crippen LogP contribution < -0.4 is 10.5 Å². The highest BCUT2D eigenvalue weighted by atomic mass is 16.5. The summed E-state index contributed by atoms with van der Waals surface area (Å²) < 4.78 is 5.48. The Kier molecular flexibility index (Phi) is 3.27. The number of ether oxygens (including phenoxy) is 1. The van der Waals surface area contributed by atoms with Gasteiger partial charge in [0.1, 0.15) is 5.75 Å². The van der Waals surface area contributed by atoms with E-state index in [2.05, 4.69) is 43.3 Å². The van der Waals surface area contributed by atoms with Crippen molar-refractivity contribution in [2.24, 2.45) is 5.73 Å². The normalized spacial score (nSPS) is 15.9. The van der Waals surface area contributed by atoms with Crippen molar-refractivity contribution in [2.45, 2.75) is 31.7 Å². The molecular formula is C18H21NO. The molecule has 0 saturated carbocycles. The van der Waals surface area contributed by atoms with Gasteiger partial charge in [0.15, 0.2) is 0 Å². The summed E-state index contributed by atoms with van der Waals surface area (Å²) in [6.07, 6.45) is 2.74. The Morgan fingerprint density at radius 1 is 1.10 bits per heavy atom. The van der Waals surface area contributed by atoms with Gasteiger partial charge in [-0.05, 0) is 48.9 Å². The first-order valence-electron chi connectivity index (χ1n) is 7.09. The van der Waals surface area contributed by atoms with Gasteiger partial charge in [0.2, 0.25) is 0 Å². The fourth-order valence-corrected chi connectivity index (χ4v) is 3.27. The standard InChI is InChI=1S/C18H21NO/c1-13-7-8-17(20-2)16(9-13)12-18(19)10-14-5-3-4-6-15(14)11-18/h3-9H,10-12,19H2,1-2H3. The van der Waals surface area contributed by atoms with E-state index in [1.807, 2.05) is 6.07 Å². The van der Waals surface area contributed by atoms with Crippen LogP contribution in [0.25, 0.3) is 0 Å². The highest BCUT2D eigenvalue weighted by Crippen LogP contribution is 2.33. The Morgan fingerprint density at radius 2 is 1.75 bits per heavy atom. The fourth-order valence-electron chi connectivity index (χ4n) is 3.27. The Hall–Kier alpha value is -1.80. The van der Waals surface area contributed by atoms with Crippen molar-refractivity contribution in [1.29, 1.82) is 0 Å². The molecule has 20 heavy (non-hydrogen) atoms. The first kappa shape index (κ1) is 13.2. The topological polar surface area (TPSA) is 35.2 Å². The second-order valence-electron chi connectivity index (χ2n) is 5.98. The minimum absolute atomic E-state index is 0.190. The smallest absolute Gasteiger partial charge is 0.122 e. The SMILES string of the molecule is COc1ccc(C)cc1CC1(N)Cc2ccccc2C1. The average molecular weight is 267 g/mol. The van der Waals surface area contributed by atoms with E-state index in [9.17, 15) is 0 Å². The summed E-state index contributed by atoms with van der Waals surface area (Å²) in [5.41, 5.74) is 11.7. The van der Waals surface area contributed by atoms with E-state index in [0.717, 1.165) is 25.0 Å². The molecule has 3 rings (SSSR count). The summed E-state index contributed by atoms with van der Waals surface area (Å²) >= 11 is 0. The third-order valence-electron chi connectivity index (χ3n) is 4.18. The Morgan fingerprint density at radius 3 is 2.35 bits per heavy atom. The molecule has 0 saturated heterocycles. The van der Waals surface area contributed by atoms with E-state index in [-0.39, 0.29) is 5.54 Å². The molecule has 2 N–H and O–H groups in total. The quantitative estimate of drug-likeness (QED) is 0.927. The van der Waals surface area contributed by atoms with Gasteiger partial charge in [0.25, 0.3) is 0 Å². The molecule has 0 heterocycles. The Labute approximate surface area is 120 Å². The molecule has 1 aliphatic rings. The van der Waals surface area contributed by atoms with E-state index in [1.165, 1.54) is 22.3 Å². The number of nitrogens with two attached hydrogens (primary N) is 1. The largest absolute Gasteiger partial charge is 0.496 e. The zero-order valence-electron chi connectivity index (χ0n) is 12.1. The molecule has 2 aromatic rings. The highest BCUT2D eigenvalue weighted by Gasteiger charge is 2.34. The maximum Gasteiger partial charge on any atom is 0.122 e. The molecule has 2 nitrogen and oxygen atoms in total. The number of methoxy groups -OCH3 is 1. The molecule has 0 fully saturated rings. The zero-order chi connectivity index (χ0) is 14.2. The van der Waals surface area contributed by atoms with Gasteiger partial charge in [0, 0.05) is 5.54 Å². The van der Waals surface area contributed by atoms with Crippen LogP contribution >= 0.6 is 0 Å². The summed E-state index contributed by atoms with van der Waals surface area (Å²) in [6.45, 7) is 2.11. The van der Waals surface area contributed by atoms with Gasteiger partial charge in [-0.2, -0.15) is 0 Å². The van der Waals surface area contributed by atoms with Crippen molar-refractivity contribution in [2.75, 3.05) is 7.11 Å². The van der Waals surface area contributed by atoms with Crippen molar-refractivity contribution in [3.8, 4) is 5.75 Å². The van der Waals surface area contributed by atoms with Crippen molar-refractivity contribution in [1.82, 2.24) is 0 Å². The van der Waals surface area contributed by atoms with Gasteiger partial charge in [-0.15, -0.1) is 0 Å². The first-order valence-corrected chi connectivity index (χ1v) is 7.09. The molecule has 0 unspecified atom stereocenters. The van der Waals surface area contributed by atoms with Crippen LogP contribution in [0.15, 0.2) is 42.5 Å². The maximum atomic E-state index is 6.66. The van der Waals surface area contributed by atoms with E-state index in [1.54, 1.807) is 7.11 Å². The van der Waals surface area contributed by atoms with Gasteiger partial charge < -0.3 is 10.5 Å². The third kappa shape index (κ3) is 2.44. The van der Waals surface area contributed by atoms with Crippen LogP contribution in [-0.4, -0.2) is 12.6 Å². The number of hydrogen-bond donors (Lipinski definition) is 1.